The summed E-state index contributed by atoms with van der Waals surface area (Å²) < 4.78 is 5.73. The number of aromatic nitrogens is 2. The Labute approximate surface area is 163 Å². The van der Waals surface area contributed by atoms with Gasteiger partial charge in [0.2, 0.25) is 5.58 Å². The van der Waals surface area contributed by atoms with Crippen molar-refractivity contribution in [1.29, 1.82) is 0 Å². The standard InChI is InChI=1S/C22H22BN3O2/c23-16-6-7-18-17(12-16)20-21(28-18)22(27)25-19(24-20)13-26-10-8-15(9-11-26)14-4-2-1-3-5-14/h1-7,12,15H,8-11,13,23H2,(H,24,25,27). The predicted molar refractivity (Wildman–Crippen MR) is 114 cm³/mol. The lowest BCUT2D eigenvalue weighted by molar-refractivity contribution is 0.200. The van der Waals surface area contributed by atoms with Crippen molar-refractivity contribution >= 4 is 35.4 Å². The maximum Gasteiger partial charge on any atom is 0.294 e. The van der Waals surface area contributed by atoms with Crippen LogP contribution in [0.4, 0.5) is 0 Å². The zero-order chi connectivity index (χ0) is 19.1. The molecule has 2 aromatic heterocycles. The highest BCUT2D eigenvalue weighted by molar-refractivity contribution is 6.33. The molecule has 0 spiro atoms. The Bertz CT molecular complexity index is 1190. The van der Waals surface area contributed by atoms with Gasteiger partial charge in [-0.05, 0) is 43.5 Å². The maximum absolute atomic E-state index is 12.5. The van der Waals surface area contributed by atoms with Crippen molar-refractivity contribution in [3.05, 3.63) is 70.3 Å². The highest BCUT2D eigenvalue weighted by Gasteiger charge is 2.22. The molecule has 0 aliphatic carbocycles. The van der Waals surface area contributed by atoms with Gasteiger partial charge in [-0.15, -0.1) is 0 Å². The van der Waals surface area contributed by atoms with Gasteiger partial charge in [0.05, 0.1) is 6.54 Å². The topological polar surface area (TPSA) is 62.1 Å². The minimum Gasteiger partial charge on any atom is -0.449 e. The van der Waals surface area contributed by atoms with Crippen LogP contribution in [0.5, 0.6) is 0 Å². The second kappa shape index (κ2) is 6.95. The molecule has 28 heavy (non-hydrogen) atoms. The van der Waals surface area contributed by atoms with Crippen molar-refractivity contribution in [2.24, 2.45) is 0 Å². The summed E-state index contributed by atoms with van der Waals surface area (Å²) in [5.41, 5.74) is 4.04. The van der Waals surface area contributed by atoms with Gasteiger partial charge in [0.15, 0.2) is 0 Å². The third kappa shape index (κ3) is 3.14. The number of piperidine rings is 1. The molecule has 0 amide bonds. The van der Waals surface area contributed by atoms with Gasteiger partial charge in [0, 0.05) is 5.39 Å². The summed E-state index contributed by atoms with van der Waals surface area (Å²) in [5.74, 6) is 1.33. The van der Waals surface area contributed by atoms with E-state index in [0.29, 0.717) is 35.0 Å². The van der Waals surface area contributed by atoms with E-state index in [1.807, 2.05) is 26.0 Å². The van der Waals surface area contributed by atoms with E-state index in [0.717, 1.165) is 36.8 Å². The number of benzene rings is 2. The molecule has 1 N–H and O–H groups in total. The zero-order valence-corrected chi connectivity index (χ0v) is 15.9. The van der Waals surface area contributed by atoms with Crippen LogP contribution in [0.3, 0.4) is 0 Å². The molecule has 5 rings (SSSR count). The number of aromatic amines is 1. The van der Waals surface area contributed by atoms with Crippen LogP contribution in [0.2, 0.25) is 0 Å². The molecule has 140 valence electrons. The minimum atomic E-state index is -0.201. The van der Waals surface area contributed by atoms with Crippen LogP contribution in [0.25, 0.3) is 22.1 Å². The summed E-state index contributed by atoms with van der Waals surface area (Å²) >= 11 is 0. The molecule has 6 heteroatoms. The van der Waals surface area contributed by atoms with E-state index >= 15 is 0 Å². The third-order valence-electron chi connectivity index (χ3n) is 5.76. The van der Waals surface area contributed by atoms with Gasteiger partial charge in [-0.3, -0.25) is 9.69 Å². The van der Waals surface area contributed by atoms with Gasteiger partial charge in [0.1, 0.15) is 24.8 Å². The fraction of sp³-hybridized carbons (Fsp3) is 0.273. The number of nitrogens with one attached hydrogen (secondary N) is 1. The smallest absolute Gasteiger partial charge is 0.294 e. The van der Waals surface area contributed by atoms with Crippen molar-refractivity contribution in [3.63, 3.8) is 0 Å². The van der Waals surface area contributed by atoms with Gasteiger partial charge in [-0.25, -0.2) is 4.98 Å². The van der Waals surface area contributed by atoms with Gasteiger partial charge < -0.3 is 9.40 Å². The molecule has 0 radical (unpaired) electrons. The molecule has 0 bridgehead atoms. The van der Waals surface area contributed by atoms with E-state index in [-0.39, 0.29) is 5.56 Å². The van der Waals surface area contributed by atoms with E-state index in [2.05, 4.69) is 40.2 Å². The zero-order valence-electron chi connectivity index (χ0n) is 15.9. The first-order valence-corrected chi connectivity index (χ1v) is 9.87. The normalized spacial score (nSPS) is 16.1. The fourth-order valence-corrected chi connectivity index (χ4v) is 4.25. The van der Waals surface area contributed by atoms with E-state index in [1.54, 1.807) is 0 Å². The van der Waals surface area contributed by atoms with Crippen LogP contribution in [0.1, 0.15) is 30.1 Å². The first-order chi connectivity index (χ1) is 13.7. The van der Waals surface area contributed by atoms with E-state index in [9.17, 15) is 4.79 Å². The number of likely N-dealkylation sites (tertiary alicyclic amines) is 1. The Kier molecular flexibility index (Phi) is 4.28. The number of hydrogen-bond donors (Lipinski definition) is 1. The summed E-state index contributed by atoms with van der Waals surface area (Å²) in [6.45, 7) is 2.67. The predicted octanol–water partition coefficient (Wildman–Crippen LogP) is 2.31. The second-order valence-corrected chi connectivity index (χ2v) is 7.75. The Morgan fingerprint density at radius 2 is 1.93 bits per heavy atom. The van der Waals surface area contributed by atoms with Crippen molar-refractivity contribution < 1.29 is 4.42 Å². The Balaban J connectivity index is 1.38. The lowest BCUT2D eigenvalue weighted by Crippen LogP contribution is -2.33. The first kappa shape index (κ1) is 17.3. The lowest BCUT2D eigenvalue weighted by Gasteiger charge is -2.31. The van der Waals surface area contributed by atoms with Gasteiger partial charge in [-0.2, -0.15) is 0 Å². The average molecular weight is 371 g/mol. The van der Waals surface area contributed by atoms with E-state index < -0.39 is 0 Å². The molecule has 1 aliphatic rings. The summed E-state index contributed by atoms with van der Waals surface area (Å²) in [6.07, 6.45) is 2.26. The van der Waals surface area contributed by atoms with Crippen molar-refractivity contribution in [3.8, 4) is 0 Å². The van der Waals surface area contributed by atoms with Gasteiger partial charge in [0.25, 0.3) is 5.56 Å². The molecule has 0 saturated carbocycles. The number of fused-ring (bicyclic) bond motifs is 3. The fourth-order valence-electron chi connectivity index (χ4n) is 4.25. The molecule has 1 saturated heterocycles. The van der Waals surface area contributed by atoms with Gasteiger partial charge >= 0.3 is 0 Å². The van der Waals surface area contributed by atoms with Crippen LogP contribution >= 0.6 is 0 Å². The van der Waals surface area contributed by atoms with Crippen molar-refractivity contribution in [1.82, 2.24) is 14.9 Å². The highest BCUT2D eigenvalue weighted by Crippen LogP contribution is 2.28. The van der Waals surface area contributed by atoms with Crippen LogP contribution < -0.4 is 11.0 Å². The molecule has 1 aliphatic heterocycles. The molecule has 0 atom stereocenters. The molecule has 4 aromatic rings. The van der Waals surface area contributed by atoms with E-state index in [1.165, 1.54) is 5.56 Å². The number of nitrogens with zero attached hydrogens (tertiary/aromatic N) is 2. The molecular weight excluding hydrogens is 349 g/mol. The third-order valence-corrected chi connectivity index (χ3v) is 5.76. The summed E-state index contributed by atoms with van der Waals surface area (Å²) in [5, 5.41) is 0.908. The SMILES string of the molecule is Bc1ccc2oc3c(=O)[nH]c(CN4CCC(c5ccccc5)CC4)nc3c2c1. The number of hydrogen-bond acceptors (Lipinski definition) is 4. The Morgan fingerprint density at radius 1 is 1.14 bits per heavy atom. The Hall–Kier alpha value is -2.86. The first-order valence-electron chi connectivity index (χ1n) is 9.87. The molecule has 3 heterocycles. The lowest BCUT2D eigenvalue weighted by atomic mass is 9.89. The number of furan rings is 1. The highest BCUT2D eigenvalue weighted by atomic mass is 16.3. The molecular formula is C22H22BN3O2. The average Bonchev–Trinajstić information content (AvgIpc) is 3.08. The minimum absolute atomic E-state index is 0.201. The molecule has 1 fully saturated rings. The summed E-state index contributed by atoms with van der Waals surface area (Å²) in [6, 6.07) is 16.7. The number of rotatable bonds is 3. The van der Waals surface area contributed by atoms with Crippen LogP contribution in [-0.2, 0) is 6.54 Å². The second-order valence-electron chi connectivity index (χ2n) is 7.75. The molecule has 5 nitrogen and oxygen atoms in total. The summed E-state index contributed by atoms with van der Waals surface area (Å²) in [7, 11) is 2.03. The van der Waals surface area contributed by atoms with Crippen LogP contribution in [0, 0.1) is 0 Å². The number of H-pyrrole nitrogens is 1. The molecule has 0 unspecified atom stereocenters. The quantitative estimate of drug-likeness (QED) is 0.562. The monoisotopic (exact) mass is 371 g/mol. The largest absolute Gasteiger partial charge is 0.449 e. The summed E-state index contributed by atoms with van der Waals surface area (Å²) in [4.78, 5) is 22.6. The van der Waals surface area contributed by atoms with Gasteiger partial charge in [-0.1, -0.05) is 47.9 Å². The maximum atomic E-state index is 12.5. The van der Waals surface area contributed by atoms with Crippen molar-refractivity contribution in [2.75, 3.05) is 13.1 Å². The van der Waals surface area contributed by atoms with E-state index in [4.69, 9.17) is 9.40 Å². The van der Waals surface area contributed by atoms with Crippen LogP contribution in [0.15, 0.2) is 57.7 Å². The van der Waals surface area contributed by atoms with Crippen molar-refractivity contribution in [2.45, 2.75) is 25.3 Å². The Morgan fingerprint density at radius 3 is 2.71 bits per heavy atom. The molecule has 2 aromatic carbocycles. The van der Waals surface area contributed by atoms with Crippen LogP contribution in [-0.4, -0.2) is 35.8 Å².